The van der Waals surface area contributed by atoms with E-state index in [1.165, 1.54) is 0 Å². The number of fused-ring (bicyclic) bond motifs is 1. The van der Waals surface area contributed by atoms with Gasteiger partial charge in [-0.25, -0.2) is 14.8 Å². The number of amides is 2. The minimum atomic E-state index is -0.613. The van der Waals surface area contributed by atoms with Crippen LogP contribution in [0.1, 0.15) is 31.1 Å². The molecule has 2 heterocycles. The highest BCUT2D eigenvalue weighted by atomic mass is 35.5. The molecule has 9 nitrogen and oxygen atoms in total. The summed E-state index contributed by atoms with van der Waals surface area (Å²) in [7, 11) is 1.70. The van der Waals surface area contributed by atoms with E-state index in [0.29, 0.717) is 39.3 Å². The van der Waals surface area contributed by atoms with E-state index in [4.69, 9.17) is 21.3 Å². The highest BCUT2D eigenvalue weighted by molar-refractivity contribution is 6.33. The van der Waals surface area contributed by atoms with Crippen LogP contribution in [0.5, 0.6) is 0 Å². The number of aromatic nitrogens is 3. The maximum atomic E-state index is 13.3. The van der Waals surface area contributed by atoms with Crippen molar-refractivity contribution in [1.29, 1.82) is 0 Å². The van der Waals surface area contributed by atoms with Crippen molar-refractivity contribution in [2.75, 3.05) is 22.6 Å². The van der Waals surface area contributed by atoms with Crippen LogP contribution in [0, 0.1) is 0 Å². The number of carbonyl (C=O) groups is 2. The normalized spacial score (nSPS) is 11.3. The van der Waals surface area contributed by atoms with Crippen molar-refractivity contribution in [1.82, 2.24) is 14.5 Å². The van der Waals surface area contributed by atoms with Crippen LogP contribution in [-0.2, 0) is 4.74 Å². The molecule has 10 heteroatoms. The number of nitrogens with zero attached hydrogens (tertiary/aromatic N) is 4. The summed E-state index contributed by atoms with van der Waals surface area (Å²) in [4.78, 5) is 36.2. The van der Waals surface area contributed by atoms with Crippen LogP contribution in [0.25, 0.3) is 27.8 Å². The molecule has 236 valence electrons. The van der Waals surface area contributed by atoms with Crippen molar-refractivity contribution in [3.8, 4) is 16.9 Å². The lowest BCUT2D eigenvalue weighted by Gasteiger charge is -2.20. The highest BCUT2D eigenvalue weighted by Gasteiger charge is 2.19. The number of carbonyl (C=O) groups excluding carboxylic acids is 2. The molecule has 4 aromatic carbocycles. The average Bonchev–Trinajstić information content (AvgIpc) is 3.44. The minimum absolute atomic E-state index is 0.217. The summed E-state index contributed by atoms with van der Waals surface area (Å²) < 4.78 is 7.41. The molecule has 0 fully saturated rings. The molecule has 0 saturated heterocycles. The first-order valence-corrected chi connectivity index (χ1v) is 15.4. The zero-order chi connectivity index (χ0) is 33.1. The number of benzene rings is 4. The van der Waals surface area contributed by atoms with Gasteiger partial charge in [-0.3, -0.25) is 10.1 Å². The lowest BCUT2D eigenvalue weighted by Crippen LogP contribution is -2.27. The van der Waals surface area contributed by atoms with Crippen molar-refractivity contribution in [3.63, 3.8) is 0 Å². The van der Waals surface area contributed by atoms with E-state index < -0.39 is 11.7 Å². The quantitative estimate of drug-likeness (QED) is 0.180. The van der Waals surface area contributed by atoms with Crippen LogP contribution in [-0.4, -0.2) is 39.2 Å². The number of nitrogens with one attached hydrogen (secondary N) is 2. The summed E-state index contributed by atoms with van der Waals surface area (Å²) in [6.07, 6.45) is 3.06. The monoisotopic (exact) mass is 644 g/mol. The fraction of sp³-hybridized carbons (Fsp3) is 0.135. The average molecular weight is 645 g/mol. The number of ether oxygens (including phenoxy) is 1. The summed E-state index contributed by atoms with van der Waals surface area (Å²) in [5.41, 5.74) is 5.27. The second-order valence-electron chi connectivity index (χ2n) is 11.9. The van der Waals surface area contributed by atoms with Crippen LogP contribution >= 0.6 is 11.6 Å². The van der Waals surface area contributed by atoms with Gasteiger partial charge in [0.05, 0.1) is 22.4 Å². The Bertz CT molecular complexity index is 2070. The molecule has 0 aliphatic heterocycles. The first-order chi connectivity index (χ1) is 22.6. The van der Waals surface area contributed by atoms with Gasteiger partial charge in [0.1, 0.15) is 5.60 Å². The van der Waals surface area contributed by atoms with Crippen molar-refractivity contribution < 1.29 is 14.3 Å². The van der Waals surface area contributed by atoms with Gasteiger partial charge >= 0.3 is 6.09 Å². The Morgan fingerprint density at radius 3 is 2.34 bits per heavy atom. The number of hydrogen-bond acceptors (Lipinski definition) is 6. The molecule has 0 radical (unpaired) electrons. The third-order valence-corrected chi connectivity index (χ3v) is 7.59. The molecule has 0 aliphatic rings. The third-order valence-electron chi connectivity index (χ3n) is 7.32. The van der Waals surface area contributed by atoms with E-state index in [-0.39, 0.29) is 5.91 Å². The Morgan fingerprint density at radius 2 is 1.60 bits per heavy atom. The molecule has 0 saturated carbocycles. The van der Waals surface area contributed by atoms with Gasteiger partial charge in [-0.05, 0) is 81.4 Å². The van der Waals surface area contributed by atoms with Crippen molar-refractivity contribution in [3.05, 3.63) is 126 Å². The van der Waals surface area contributed by atoms with E-state index in [1.807, 2.05) is 60.8 Å². The Labute approximate surface area is 277 Å². The summed E-state index contributed by atoms with van der Waals surface area (Å²) in [6.45, 7) is 5.38. The van der Waals surface area contributed by atoms with Gasteiger partial charge in [0.15, 0.2) is 0 Å². The standard InChI is InChI=1S/C37H33ClN6O3/c1-37(2,3)47-36(46)41-25-19-17-24(18-20-25)34(45)43(4)28-14-10-11-26(21-28)40-35-39-22-31(38)33(42-35)30-23-44(27-12-6-5-7-13-27)32-16-9-8-15-29(30)32/h5-23H,1-4H3,(H,41,46)(H,39,40,42). The maximum absolute atomic E-state index is 13.3. The van der Waals surface area contributed by atoms with Gasteiger partial charge in [0.2, 0.25) is 5.95 Å². The molecular formula is C37H33ClN6O3. The predicted octanol–water partition coefficient (Wildman–Crippen LogP) is 9.11. The summed E-state index contributed by atoms with van der Waals surface area (Å²) >= 11 is 6.68. The molecule has 6 aromatic rings. The van der Waals surface area contributed by atoms with E-state index in [9.17, 15) is 9.59 Å². The second kappa shape index (κ2) is 13.0. The molecule has 47 heavy (non-hydrogen) atoms. The Kier molecular flexibility index (Phi) is 8.65. The lowest BCUT2D eigenvalue weighted by atomic mass is 10.1. The summed E-state index contributed by atoms with van der Waals surface area (Å²) in [5.74, 6) is 0.144. The highest BCUT2D eigenvalue weighted by Crippen LogP contribution is 2.36. The molecule has 6 rings (SSSR count). The number of rotatable bonds is 7. The Morgan fingerprint density at radius 1 is 0.872 bits per heavy atom. The smallest absolute Gasteiger partial charge is 0.412 e. The molecule has 2 aromatic heterocycles. The van der Waals surface area contributed by atoms with Crippen LogP contribution in [0.2, 0.25) is 5.02 Å². The number of anilines is 4. The number of halogens is 1. The molecule has 0 bridgehead atoms. The Hall–Kier alpha value is -5.67. The van der Waals surface area contributed by atoms with Gasteiger partial charge < -0.3 is 19.5 Å². The van der Waals surface area contributed by atoms with Gasteiger partial charge in [-0.15, -0.1) is 0 Å². The largest absolute Gasteiger partial charge is 0.444 e. The van der Waals surface area contributed by atoms with Gasteiger partial charge in [-0.1, -0.05) is 54.1 Å². The molecule has 0 spiro atoms. The summed E-state index contributed by atoms with van der Waals surface area (Å²) in [5, 5.41) is 7.38. The molecular weight excluding hydrogens is 612 g/mol. The zero-order valence-corrected chi connectivity index (χ0v) is 27.1. The fourth-order valence-corrected chi connectivity index (χ4v) is 5.33. The fourth-order valence-electron chi connectivity index (χ4n) is 5.14. The van der Waals surface area contributed by atoms with Crippen molar-refractivity contribution in [2.24, 2.45) is 0 Å². The molecule has 0 unspecified atom stereocenters. The second-order valence-corrected chi connectivity index (χ2v) is 12.3. The van der Waals surface area contributed by atoms with Crippen LogP contribution in [0.4, 0.5) is 27.8 Å². The van der Waals surface area contributed by atoms with Gasteiger partial charge in [0.25, 0.3) is 5.91 Å². The lowest BCUT2D eigenvalue weighted by molar-refractivity contribution is 0.0635. The molecule has 2 N–H and O–H groups in total. The van der Waals surface area contributed by atoms with Crippen LogP contribution in [0.15, 0.2) is 116 Å². The number of hydrogen-bond donors (Lipinski definition) is 2. The van der Waals surface area contributed by atoms with Gasteiger partial charge in [0, 0.05) is 52.5 Å². The summed E-state index contributed by atoms with van der Waals surface area (Å²) in [6, 6.07) is 32.3. The SMILES string of the molecule is CN(C(=O)c1ccc(NC(=O)OC(C)(C)C)cc1)c1cccc(Nc2ncc(Cl)c(-c3cn(-c4ccccc4)c4ccccc34)n2)c1. The van der Waals surface area contributed by atoms with E-state index in [2.05, 4.69) is 44.5 Å². The first-order valence-electron chi connectivity index (χ1n) is 15.0. The first kappa shape index (κ1) is 31.3. The molecule has 0 aliphatic carbocycles. The van der Waals surface area contributed by atoms with E-state index >= 15 is 0 Å². The molecule has 0 atom stereocenters. The predicted molar refractivity (Wildman–Crippen MR) is 188 cm³/mol. The van der Waals surface area contributed by atoms with Crippen molar-refractivity contribution in [2.45, 2.75) is 26.4 Å². The van der Waals surface area contributed by atoms with Crippen molar-refractivity contribution >= 4 is 57.5 Å². The minimum Gasteiger partial charge on any atom is -0.444 e. The zero-order valence-electron chi connectivity index (χ0n) is 26.4. The van der Waals surface area contributed by atoms with E-state index in [1.54, 1.807) is 63.2 Å². The third kappa shape index (κ3) is 7.10. The van der Waals surface area contributed by atoms with Gasteiger partial charge in [-0.2, -0.15) is 0 Å². The number of para-hydroxylation sites is 2. The maximum Gasteiger partial charge on any atom is 0.412 e. The van der Waals surface area contributed by atoms with E-state index in [0.717, 1.165) is 22.2 Å². The van der Waals surface area contributed by atoms with Crippen LogP contribution < -0.4 is 15.5 Å². The van der Waals surface area contributed by atoms with Crippen LogP contribution in [0.3, 0.4) is 0 Å². The topological polar surface area (TPSA) is 101 Å². The molecule has 2 amide bonds. The Balaban J connectivity index is 1.21.